The Kier molecular flexibility index (Phi) is 14.2. The van der Waals surface area contributed by atoms with Crippen LogP contribution in [0.4, 0.5) is 0 Å². The van der Waals surface area contributed by atoms with Crippen LogP contribution in [0.15, 0.2) is 51.9 Å². The van der Waals surface area contributed by atoms with Gasteiger partial charge in [0, 0.05) is 6.42 Å². The fourth-order valence-corrected chi connectivity index (χ4v) is 6.20. The highest BCUT2D eigenvalue weighted by Crippen LogP contribution is 2.40. The molecule has 0 spiro atoms. The van der Waals surface area contributed by atoms with Crippen LogP contribution >= 0.6 is 0 Å². The first kappa shape index (κ1) is 36.6. The number of carbonyl (C=O) groups excluding carboxylic acids is 1. The number of rotatable bonds is 18. The zero-order chi connectivity index (χ0) is 33.8. The molecule has 1 aromatic heterocycles. The zero-order valence-electron chi connectivity index (χ0n) is 27.3. The topological polar surface area (TPSA) is 167 Å². The Labute approximate surface area is 276 Å². The number of benzene rings is 2. The van der Waals surface area contributed by atoms with Crippen LogP contribution in [0.2, 0.25) is 0 Å². The molecule has 0 aliphatic carbocycles. The van der Waals surface area contributed by atoms with Crippen LogP contribution in [0.25, 0.3) is 22.1 Å². The van der Waals surface area contributed by atoms with Gasteiger partial charge < -0.3 is 39.4 Å². The van der Waals surface area contributed by atoms with Crippen LogP contribution in [-0.2, 0) is 9.53 Å². The number of aliphatic hydroxyl groups is 4. The van der Waals surface area contributed by atoms with Crippen molar-refractivity contribution in [2.45, 2.75) is 127 Å². The predicted molar refractivity (Wildman–Crippen MR) is 178 cm³/mol. The largest absolute Gasteiger partial charge is 0.507 e. The van der Waals surface area contributed by atoms with E-state index in [9.17, 15) is 35.1 Å². The van der Waals surface area contributed by atoms with Gasteiger partial charge in [0.05, 0.1) is 23.1 Å². The van der Waals surface area contributed by atoms with Gasteiger partial charge in [0.25, 0.3) is 0 Å². The lowest BCUT2D eigenvalue weighted by Gasteiger charge is -2.40. The maximum atomic E-state index is 13.5. The van der Waals surface area contributed by atoms with Crippen molar-refractivity contribution in [1.29, 1.82) is 0 Å². The molecule has 0 radical (unpaired) electrons. The lowest BCUT2D eigenvalue weighted by atomic mass is 9.89. The summed E-state index contributed by atoms with van der Waals surface area (Å²) in [5.41, 5.74) is 0.145. The van der Waals surface area contributed by atoms with Crippen molar-refractivity contribution in [1.82, 2.24) is 0 Å². The number of phenolic OH excluding ortho intramolecular Hbond substituents is 1. The molecule has 1 aliphatic rings. The molecule has 10 heteroatoms. The average Bonchev–Trinajstić information content (AvgIpc) is 3.07. The molecule has 1 unspecified atom stereocenters. The standard InChI is InChI=1S/C37H50O10/c1-2-3-4-5-6-7-8-9-10-11-12-13-14-15-30(40)46-25-18-16-24(17-19-25)27-23-45-36-26(32(27)41)20-21-28(39)31(36)37-35(44)34(43)33(42)29(22-38)47-37/h16-21,23,29,33-35,37-39,42-44H,2-15,22H2,1H3/t29-,33-,34+,35-,37?/m1/s1. The summed E-state index contributed by atoms with van der Waals surface area (Å²) in [5.74, 6) is -0.289. The minimum absolute atomic E-state index is 0.0678. The van der Waals surface area contributed by atoms with E-state index in [-0.39, 0.29) is 33.8 Å². The van der Waals surface area contributed by atoms with E-state index in [1.54, 1.807) is 24.3 Å². The number of phenols is 1. The second-order valence-corrected chi connectivity index (χ2v) is 12.6. The Hall–Kier alpha value is -3.28. The van der Waals surface area contributed by atoms with Crippen molar-refractivity contribution in [2.24, 2.45) is 0 Å². The monoisotopic (exact) mass is 654 g/mol. The minimum atomic E-state index is -1.67. The molecule has 0 amide bonds. The van der Waals surface area contributed by atoms with Crippen molar-refractivity contribution < 1.29 is 44.2 Å². The normalized spacial score (nSPS) is 21.3. The van der Waals surface area contributed by atoms with E-state index in [0.717, 1.165) is 19.3 Å². The predicted octanol–water partition coefficient (Wildman–Crippen LogP) is 6.07. The van der Waals surface area contributed by atoms with Gasteiger partial charge in [0.2, 0.25) is 5.43 Å². The molecule has 5 N–H and O–H groups in total. The Bertz CT molecular complexity index is 1460. The van der Waals surface area contributed by atoms with E-state index in [1.165, 1.54) is 82.6 Å². The summed E-state index contributed by atoms with van der Waals surface area (Å²) in [6.45, 7) is 1.60. The molecule has 3 aromatic rings. The molecular weight excluding hydrogens is 604 g/mol. The van der Waals surface area contributed by atoms with E-state index in [1.807, 2.05) is 0 Å². The molecule has 258 valence electrons. The number of aliphatic hydroxyl groups excluding tert-OH is 4. The molecule has 2 aromatic carbocycles. The van der Waals surface area contributed by atoms with Crippen molar-refractivity contribution >= 4 is 16.9 Å². The molecule has 1 saturated heterocycles. The summed E-state index contributed by atoms with van der Waals surface area (Å²) < 4.78 is 16.9. The third-order valence-corrected chi connectivity index (χ3v) is 9.02. The molecule has 47 heavy (non-hydrogen) atoms. The molecule has 5 atom stereocenters. The Morgan fingerprint density at radius 1 is 0.787 bits per heavy atom. The Morgan fingerprint density at radius 2 is 1.38 bits per heavy atom. The molecule has 0 saturated carbocycles. The smallest absolute Gasteiger partial charge is 0.311 e. The van der Waals surface area contributed by atoms with Gasteiger partial charge in [-0.25, -0.2) is 0 Å². The van der Waals surface area contributed by atoms with E-state index in [0.29, 0.717) is 17.7 Å². The molecule has 10 nitrogen and oxygen atoms in total. The number of hydrogen-bond donors (Lipinski definition) is 5. The number of hydrogen-bond acceptors (Lipinski definition) is 10. The summed E-state index contributed by atoms with van der Waals surface area (Å²) in [5, 5.41) is 51.3. The zero-order valence-corrected chi connectivity index (χ0v) is 27.3. The van der Waals surface area contributed by atoms with Crippen LogP contribution in [0, 0.1) is 0 Å². The van der Waals surface area contributed by atoms with Crippen LogP contribution in [0.1, 0.15) is 108 Å². The summed E-state index contributed by atoms with van der Waals surface area (Å²) >= 11 is 0. The second-order valence-electron chi connectivity index (χ2n) is 12.6. The van der Waals surface area contributed by atoms with Gasteiger partial charge in [-0.05, 0) is 36.2 Å². The summed E-state index contributed by atoms with van der Waals surface area (Å²) in [4.78, 5) is 25.9. The van der Waals surface area contributed by atoms with Crippen molar-refractivity contribution in [3.05, 3.63) is 58.4 Å². The molecule has 4 rings (SSSR count). The van der Waals surface area contributed by atoms with E-state index >= 15 is 0 Å². The SMILES string of the molecule is CCCCCCCCCCCCCCCC(=O)Oc1ccc(-c2coc3c(C4O[C@H](CO)[C@@H](O)[C@H](O)[C@H]4O)c(O)ccc3c2=O)cc1. The number of ether oxygens (including phenoxy) is 2. The van der Waals surface area contributed by atoms with Gasteiger partial charge in [-0.2, -0.15) is 0 Å². The van der Waals surface area contributed by atoms with Crippen molar-refractivity contribution in [3.63, 3.8) is 0 Å². The quantitative estimate of drug-likeness (QED) is 0.0617. The highest BCUT2D eigenvalue weighted by molar-refractivity contribution is 5.86. The number of unbranched alkanes of at least 4 members (excludes halogenated alkanes) is 12. The maximum absolute atomic E-state index is 13.5. The number of fused-ring (bicyclic) bond motifs is 1. The summed E-state index contributed by atoms with van der Waals surface area (Å²) in [7, 11) is 0. The summed E-state index contributed by atoms with van der Waals surface area (Å²) in [6, 6.07) is 9.13. The molecule has 2 heterocycles. The van der Waals surface area contributed by atoms with Crippen molar-refractivity contribution in [2.75, 3.05) is 6.61 Å². The first-order valence-corrected chi connectivity index (χ1v) is 17.2. The number of esters is 1. The van der Waals surface area contributed by atoms with E-state index in [2.05, 4.69) is 6.92 Å². The van der Waals surface area contributed by atoms with Crippen LogP contribution in [-0.4, -0.2) is 62.5 Å². The highest BCUT2D eigenvalue weighted by Gasteiger charge is 2.45. The van der Waals surface area contributed by atoms with Gasteiger partial charge in [-0.1, -0.05) is 96.1 Å². The van der Waals surface area contributed by atoms with Crippen LogP contribution < -0.4 is 10.2 Å². The lowest BCUT2D eigenvalue weighted by molar-refractivity contribution is -0.231. The van der Waals surface area contributed by atoms with E-state index < -0.39 is 42.6 Å². The van der Waals surface area contributed by atoms with Crippen LogP contribution in [0.5, 0.6) is 11.5 Å². The maximum Gasteiger partial charge on any atom is 0.311 e. The van der Waals surface area contributed by atoms with E-state index in [4.69, 9.17) is 13.9 Å². The van der Waals surface area contributed by atoms with Crippen LogP contribution in [0.3, 0.4) is 0 Å². The highest BCUT2D eigenvalue weighted by atomic mass is 16.5. The summed E-state index contributed by atoms with van der Waals surface area (Å²) in [6.07, 6.45) is 10.1. The third kappa shape index (κ3) is 9.64. The molecule has 1 aliphatic heterocycles. The minimum Gasteiger partial charge on any atom is -0.507 e. The average molecular weight is 655 g/mol. The lowest BCUT2D eigenvalue weighted by Crippen LogP contribution is -2.55. The Balaban J connectivity index is 1.28. The van der Waals surface area contributed by atoms with Gasteiger partial charge in [0.15, 0.2) is 0 Å². The molecule has 0 bridgehead atoms. The van der Waals surface area contributed by atoms with Gasteiger partial charge in [0.1, 0.15) is 53.9 Å². The fraction of sp³-hybridized carbons (Fsp3) is 0.568. The first-order valence-electron chi connectivity index (χ1n) is 17.2. The van der Waals surface area contributed by atoms with Gasteiger partial charge in [-0.15, -0.1) is 0 Å². The first-order chi connectivity index (χ1) is 22.8. The van der Waals surface area contributed by atoms with Gasteiger partial charge >= 0.3 is 5.97 Å². The number of aromatic hydroxyl groups is 1. The third-order valence-electron chi connectivity index (χ3n) is 9.02. The Morgan fingerprint density at radius 3 is 1.98 bits per heavy atom. The van der Waals surface area contributed by atoms with Crippen molar-refractivity contribution in [3.8, 4) is 22.6 Å². The number of carbonyl (C=O) groups is 1. The molecular formula is C37H50O10. The second kappa shape index (κ2) is 18.3. The van der Waals surface area contributed by atoms with Gasteiger partial charge in [-0.3, -0.25) is 9.59 Å². The fourth-order valence-electron chi connectivity index (χ4n) is 6.20. The molecule has 1 fully saturated rings.